The van der Waals surface area contributed by atoms with Gasteiger partial charge in [0, 0.05) is 41.1 Å². The van der Waals surface area contributed by atoms with Crippen molar-refractivity contribution in [3.63, 3.8) is 0 Å². The van der Waals surface area contributed by atoms with Crippen molar-refractivity contribution in [1.82, 2.24) is 9.80 Å². The molecular weight excluding hydrogens is 599 g/mol. The smallest absolute Gasteiger partial charge is 0.226 e. The first-order chi connectivity index (χ1) is 16.6. The lowest BCUT2D eigenvalue weighted by molar-refractivity contribution is -0.141. The molecule has 2 saturated heterocycles. The van der Waals surface area contributed by atoms with Crippen LogP contribution in [-0.4, -0.2) is 55.7 Å². The van der Waals surface area contributed by atoms with Crippen LogP contribution in [0, 0.1) is 9.49 Å². The highest BCUT2D eigenvalue weighted by Gasteiger charge is 2.61. The molecule has 2 heterocycles. The summed E-state index contributed by atoms with van der Waals surface area (Å²) >= 11 is 8.32. The molecule has 9 heteroatoms. The summed E-state index contributed by atoms with van der Waals surface area (Å²) in [6.45, 7) is 3.10. The first-order valence-corrected chi connectivity index (χ1v) is 14.9. The van der Waals surface area contributed by atoms with Gasteiger partial charge in [0.15, 0.2) is 9.84 Å². The van der Waals surface area contributed by atoms with Gasteiger partial charge in [-0.25, -0.2) is 8.42 Å². The molecule has 2 unspecified atom stereocenters. The topological polar surface area (TPSA) is 74.8 Å². The Balaban J connectivity index is 1.55. The number of amides is 2. The van der Waals surface area contributed by atoms with Gasteiger partial charge in [0.25, 0.3) is 0 Å². The van der Waals surface area contributed by atoms with Gasteiger partial charge in [0.1, 0.15) is 4.75 Å². The Morgan fingerprint density at radius 3 is 2.37 bits per heavy atom. The highest BCUT2D eigenvalue weighted by Crippen LogP contribution is 2.53. The summed E-state index contributed by atoms with van der Waals surface area (Å²) in [5, 5.41) is 0.483. The molecule has 0 N–H and O–H groups in total. The van der Waals surface area contributed by atoms with E-state index < -0.39 is 20.6 Å². The van der Waals surface area contributed by atoms with Crippen LogP contribution in [-0.2, 0) is 30.6 Å². The number of aryl methyl sites for hydroxylation is 1. The highest BCUT2D eigenvalue weighted by molar-refractivity contribution is 14.1. The standard InChI is InChI=1S/C26H28ClIN2O4S/c1-17(31)29-13-10-18(11-14-29)25(32)30-15-12-26(35(33,34)22-6-3-20(27)4-7-22)23-8-5-21(28)16-19(23)2-9-24(26)30/h3-8,16,18,24H,2,9-15H2,1H3. The van der Waals surface area contributed by atoms with E-state index in [0.717, 1.165) is 21.1 Å². The number of hydrogen-bond acceptors (Lipinski definition) is 4. The average Bonchev–Trinajstić information content (AvgIpc) is 3.25. The zero-order valence-corrected chi connectivity index (χ0v) is 23.3. The first kappa shape index (κ1) is 25.0. The van der Waals surface area contributed by atoms with Gasteiger partial charge in [-0.15, -0.1) is 0 Å². The number of benzene rings is 2. The third-order valence-electron chi connectivity index (χ3n) is 8.02. The minimum Gasteiger partial charge on any atom is -0.343 e. The summed E-state index contributed by atoms with van der Waals surface area (Å²) in [7, 11) is -3.83. The normalized spacial score (nSPS) is 24.7. The number of carbonyl (C=O) groups excluding carboxylic acids is 2. The Morgan fingerprint density at radius 1 is 1.03 bits per heavy atom. The van der Waals surface area contributed by atoms with Gasteiger partial charge in [-0.3, -0.25) is 9.59 Å². The van der Waals surface area contributed by atoms with Crippen LogP contribution >= 0.6 is 34.2 Å². The number of fused-ring (bicyclic) bond motifs is 3. The predicted octanol–water partition coefficient (Wildman–Crippen LogP) is 4.42. The lowest BCUT2D eigenvalue weighted by atomic mass is 9.78. The maximum Gasteiger partial charge on any atom is 0.226 e. The minimum atomic E-state index is -3.83. The molecule has 0 aromatic heterocycles. The molecule has 5 rings (SSSR count). The molecule has 0 saturated carbocycles. The molecule has 2 fully saturated rings. The van der Waals surface area contributed by atoms with Crippen LogP contribution in [0.25, 0.3) is 0 Å². The Labute approximate surface area is 225 Å². The second-order valence-electron chi connectivity index (χ2n) is 9.76. The average molecular weight is 627 g/mol. The van der Waals surface area contributed by atoms with Gasteiger partial charge in [-0.05, 0) is 102 Å². The fraction of sp³-hybridized carbons (Fsp3) is 0.462. The fourth-order valence-electron chi connectivity index (χ4n) is 6.26. The first-order valence-electron chi connectivity index (χ1n) is 12.0. The van der Waals surface area contributed by atoms with E-state index in [1.165, 1.54) is 0 Å². The number of halogens is 2. The van der Waals surface area contributed by atoms with Crippen molar-refractivity contribution >= 4 is 55.8 Å². The van der Waals surface area contributed by atoms with E-state index in [9.17, 15) is 18.0 Å². The van der Waals surface area contributed by atoms with Crippen LogP contribution in [0.15, 0.2) is 47.4 Å². The van der Waals surface area contributed by atoms with E-state index in [-0.39, 0.29) is 22.6 Å². The molecule has 3 aliphatic rings. The molecule has 2 atom stereocenters. The summed E-state index contributed by atoms with van der Waals surface area (Å²) in [5.74, 6) is -0.123. The summed E-state index contributed by atoms with van der Waals surface area (Å²) in [6.07, 6.45) is 2.95. The molecule has 2 amide bonds. The van der Waals surface area contributed by atoms with Crippen molar-refractivity contribution in [2.45, 2.75) is 54.7 Å². The van der Waals surface area contributed by atoms with Crippen LogP contribution in [0.1, 0.15) is 43.7 Å². The van der Waals surface area contributed by atoms with Crippen LogP contribution in [0.2, 0.25) is 5.02 Å². The van der Waals surface area contributed by atoms with Crippen molar-refractivity contribution in [3.05, 3.63) is 62.2 Å². The number of likely N-dealkylation sites (tertiary alicyclic amines) is 2. The summed E-state index contributed by atoms with van der Waals surface area (Å²) < 4.78 is 28.7. The lowest BCUT2D eigenvalue weighted by Crippen LogP contribution is -2.53. The monoisotopic (exact) mass is 626 g/mol. The van der Waals surface area contributed by atoms with E-state index in [0.29, 0.717) is 50.3 Å². The van der Waals surface area contributed by atoms with Crippen molar-refractivity contribution < 1.29 is 18.0 Å². The molecular formula is C26H28ClIN2O4S. The Kier molecular flexibility index (Phi) is 6.68. The molecule has 0 radical (unpaired) electrons. The predicted molar refractivity (Wildman–Crippen MR) is 143 cm³/mol. The second kappa shape index (κ2) is 9.34. The molecule has 2 aromatic rings. The van der Waals surface area contributed by atoms with Gasteiger partial charge >= 0.3 is 0 Å². The lowest BCUT2D eigenvalue weighted by Gasteiger charge is -2.43. The molecule has 6 nitrogen and oxygen atoms in total. The maximum absolute atomic E-state index is 14.4. The van der Waals surface area contributed by atoms with Gasteiger partial charge in [-0.2, -0.15) is 0 Å². The third-order valence-corrected chi connectivity index (χ3v) is 11.5. The van der Waals surface area contributed by atoms with Crippen molar-refractivity contribution in [1.29, 1.82) is 0 Å². The van der Waals surface area contributed by atoms with Crippen LogP contribution in [0.3, 0.4) is 0 Å². The van der Waals surface area contributed by atoms with Crippen LogP contribution in [0.4, 0.5) is 0 Å². The van der Waals surface area contributed by atoms with Gasteiger partial charge in [-0.1, -0.05) is 17.7 Å². The number of nitrogens with zero attached hydrogens (tertiary/aromatic N) is 2. The number of piperidine rings is 1. The summed E-state index contributed by atoms with van der Waals surface area (Å²) in [4.78, 5) is 29.3. The molecule has 2 aliphatic heterocycles. The molecule has 186 valence electrons. The number of rotatable bonds is 3. The fourth-order valence-corrected chi connectivity index (χ4v) is 9.31. The SMILES string of the molecule is CC(=O)N1CCC(C(=O)N2CCC3(S(=O)(=O)c4ccc(Cl)cc4)c4ccc(I)cc4CCC23)CC1. The molecule has 2 aromatic carbocycles. The molecule has 0 bridgehead atoms. The van der Waals surface area contributed by atoms with Gasteiger partial charge < -0.3 is 9.80 Å². The zero-order valence-electron chi connectivity index (χ0n) is 19.5. The summed E-state index contributed by atoms with van der Waals surface area (Å²) in [6, 6.07) is 11.9. The highest BCUT2D eigenvalue weighted by atomic mass is 127. The number of sulfone groups is 1. The Hall–Kier alpha value is -1.65. The largest absolute Gasteiger partial charge is 0.343 e. The van der Waals surface area contributed by atoms with Crippen molar-refractivity contribution in [3.8, 4) is 0 Å². The summed E-state index contributed by atoms with van der Waals surface area (Å²) in [5.41, 5.74) is 1.88. The van der Waals surface area contributed by atoms with E-state index >= 15 is 0 Å². The zero-order chi connectivity index (χ0) is 25.0. The maximum atomic E-state index is 14.4. The van der Waals surface area contributed by atoms with Crippen LogP contribution < -0.4 is 0 Å². The number of carbonyl (C=O) groups is 2. The van der Waals surface area contributed by atoms with Crippen LogP contribution in [0.5, 0.6) is 0 Å². The molecule has 1 aliphatic carbocycles. The van der Waals surface area contributed by atoms with Gasteiger partial charge in [0.05, 0.1) is 10.9 Å². The third kappa shape index (κ3) is 4.09. The van der Waals surface area contributed by atoms with E-state index in [4.69, 9.17) is 11.6 Å². The Bertz CT molecular complexity index is 1270. The number of hydrogen-bond donors (Lipinski definition) is 0. The second-order valence-corrected chi connectivity index (χ2v) is 13.7. The molecule has 35 heavy (non-hydrogen) atoms. The quantitative estimate of drug-likeness (QED) is 0.473. The Morgan fingerprint density at radius 2 is 1.71 bits per heavy atom. The van der Waals surface area contributed by atoms with E-state index in [1.807, 2.05) is 17.0 Å². The van der Waals surface area contributed by atoms with Crippen molar-refractivity contribution in [2.75, 3.05) is 19.6 Å². The molecule has 0 spiro atoms. The van der Waals surface area contributed by atoms with E-state index in [2.05, 4.69) is 28.7 Å². The van der Waals surface area contributed by atoms with Crippen molar-refractivity contribution in [2.24, 2.45) is 5.92 Å². The van der Waals surface area contributed by atoms with Gasteiger partial charge in [0.2, 0.25) is 11.8 Å². The van der Waals surface area contributed by atoms with E-state index in [1.54, 1.807) is 36.1 Å². The minimum absolute atomic E-state index is 0.0281.